The van der Waals surface area contributed by atoms with Crippen molar-refractivity contribution in [2.75, 3.05) is 65.9 Å². The number of nitrogens with zero attached hydrogens (tertiary/aromatic N) is 6. The molecular formula is C25H40N6O. The minimum absolute atomic E-state index is 0.161. The van der Waals surface area contributed by atoms with Crippen molar-refractivity contribution in [2.24, 2.45) is 0 Å². The quantitative estimate of drug-likeness (QED) is 0.382. The lowest BCUT2D eigenvalue weighted by Gasteiger charge is -2.52. The summed E-state index contributed by atoms with van der Waals surface area (Å²) >= 11 is 0. The molecule has 0 bridgehead atoms. The number of ketones is 1. The lowest BCUT2D eigenvalue weighted by atomic mass is 10.1. The molecule has 2 saturated heterocycles. The van der Waals surface area contributed by atoms with E-state index >= 15 is 0 Å². The van der Waals surface area contributed by atoms with Gasteiger partial charge in [-0.15, -0.1) is 39.5 Å². The first-order valence-electron chi connectivity index (χ1n) is 11.1. The van der Waals surface area contributed by atoms with Crippen molar-refractivity contribution >= 4 is 5.78 Å². The third-order valence-electron chi connectivity index (χ3n) is 5.65. The zero-order valence-electron chi connectivity index (χ0n) is 19.5. The van der Waals surface area contributed by atoms with E-state index < -0.39 is 0 Å². The molecule has 0 aliphatic carbocycles. The fourth-order valence-electron chi connectivity index (χ4n) is 4.63. The van der Waals surface area contributed by atoms with Gasteiger partial charge in [-0.3, -0.25) is 34.2 Å². The van der Waals surface area contributed by atoms with Crippen LogP contribution in [0.15, 0.2) is 75.9 Å². The van der Waals surface area contributed by atoms with Crippen LogP contribution in [0, 0.1) is 0 Å². The highest BCUT2D eigenvalue weighted by Gasteiger charge is 2.45. The molecular weight excluding hydrogens is 400 g/mol. The van der Waals surface area contributed by atoms with Crippen molar-refractivity contribution in [3.8, 4) is 0 Å². The zero-order chi connectivity index (χ0) is 23.5. The molecule has 0 radical (unpaired) electrons. The Morgan fingerprint density at radius 2 is 0.781 bits per heavy atom. The minimum Gasteiger partial charge on any atom is -0.293 e. The van der Waals surface area contributed by atoms with Crippen LogP contribution in [0.4, 0.5) is 0 Å². The molecule has 0 unspecified atom stereocenters. The molecule has 2 aliphatic heterocycles. The van der Waals surface area contributed by atoms with Crippen molar-refractivity contribution in [3.05, 3.63) is 75.9 Å². The van der Waals surface area contributed by atoms with E-state index in [0.29, 0.717) is 52.9 Å². The fraction of sp³-hybridized carbons (Fsp3) is 0.480. The average Bonchev–Trinajstić information content (AvgIpc) is 2.75. The van der Waals surface area contributed by atoms with Crippen LogP contribution in [-0.4, -0.2) is 113 Å². The molecule has 2 heterocycles. The molecule has 7 nitrogen and oxygen atoms in total. The van der Waals surface area contributed by atoms with E-state index in [0.717, 1.165) is 13.1 Å². The van der Waals surface area contributed by atoms with Crippen LogP contribution in [-0.2, 0) is 4.79 Å². The second kappa shape index (κ2) is 13.4. The van der Waals surface area contributed by atoms with Crippen molar-refractivity contribution in [2.45, 2.75) is 12.3 Å². The van der Waals surface area contributed by atoms with Crippen molar-refractivity contribution in [1.29, 1.82) is 0 Å². The highest BCUT2D eigenvalue weighted by Crippen LogP contribution is 2.23. The Morgan fingerprint density at radius 1 is 0.531 bits per heavy atom. The summed E-state index contributed by atoms with van der Waals surface area (Å²) in [5.41, 5.74) is 0. The zero-order valence-corrected chi connectivity index (χ0v) is 19.5. The number of carbonyl (C=O) groups excluding carboxylic acids is 1. The van der Waals surface area contributed by atoms with E-state index in [2.05, 4.69) is 68.9 Å². The molecule has 2 aliphatic rings. The van der Waals surface area contributed by atoms with E-state index in [-0.39, 0.29) is 18.1 Å². The molecule has 0 atom stereocenters. The molecule has 7 heteroatoms. The summed E-state index contributed by atoms with van der Waals surface area (Å²) in [6.07, 6.45) is 10.5. The van der Waals surface area contributed by atoms with Crippen LogP contribution in [0.1, 0.15) is 0 Å². The molecule has 0 aromatic heterocycles. The smallest absolute Gasteiger partial charge is 0.196 e. The lowest BCUT2D eigenvalue weighted by molar-refractivity contribution is -0.163. The van der Waals surface area contributed by atoms with Gasteiger partial charge in [-0.05, 0) is 0 Å². The predicted octanol–water partition coefficient (Wildman–Crippen LogP) is 1.99. The van der Waals surface area contributed by atoms with Crippen LogP contribution in [0.5, 0.6) is 0 Å². The van der Waals surface area contributed by atoms with Gasteiger partial charge < -0.3 is 0 Å². The first-order chi connectivity index (χ1) is 15.5. The Balaban J connectivity index is 2.41. The van der Waals surface area contributed by atoms with Gasteiger partial charge in [0, 0.05) is 39.3 Å². The summed E-state index contributed by atoms with van der Waals surface area (Å²) in [4.78, 5) is 27.5. The Morgan fingerprint density at radius 3 is 1.00 bits per heavy atom. The third kappa shape index (κ3) is 6.45. The fourth-order valence-corrected chi connectivity index (χ4v) is 4.63. The summed E-state index contributed by atoms with van der Waals surface area (Å²) in [5.74, 6) is 0.161. The topological polar surface area (TPSA) is 36.5 Å². The van der Waals surface area contributed by atoms with E-state index in [1.807, 2.05) is 36.5 Å². The molecule has 32 heavy (non-hydrogen) atoms. The van der Waals surface area contributed by atoms with E-state index in [1.165, 1.54) is 0 Å². The van der Waals surface area contributed by atoms with Crippen LogP contribution in [0.3, 0.4) is 0 Å². The second-order valence-electron chi connectivity index (χ2n) is 8.24. The first kappa shape index (κ1) is 26.1. The Labute approximate surface area is 194 Å². The van der Waals surface area contributed by atoms with E-state index in [4.69, 9.17) is 0 Å². The molecule has 2 fully saturated rings. The van der Waals surface area contributed by atoms with E-state index in [1.54, 1.807) is 0 Å². The number of rotatable bonds is 14. The SMILES string of the molecule is C=CCN1CN(CC=C)C(C(=O)C2N(CC=C)CN(CC=C)CN2CC=C)N(CC=C)C1. The average molecular weight is 441 g/mol. The van der Waals surface area contributed by atoms with Gasteiger partial charge >= 0.3 is 0 Å². The largest absolute Gasteiger partial charge is 0.293 e. The summed E-state index contributed by atoms with van der Waals surface area (Å²) in [6.45, 7) is 30.2. The molecule has 2 rings (SSSR count). The highest BCUT2D eigenvalue weighted by molar-refractivity contribution is 5.88. The Kier molecular flexibility index (Phi) is 11.0. The molecule has 0 N–H and O–H groups in total. The van der Waals surface area contributed by atoms with Gasteiger partial charge in [0.05, 0.1) is 26.7 Å². The highest BCUT2D eigenvalue weighted by atomic mass is 16.1. The standard InChI is InChI=1S/C25H40N6O/c1-7-13-26-19-28(15-9-3)24(29(20-26)16-10-4)23(32)25-30(17-11-5)21-27(14-8-2)22-31(25)18-12-6/h7-12,24-25H,1-6,13-22H2. The van der Waals surface area contributed by atoms with Crippen LogP contribution in [0.25, 0.3) is 0 Å². The van der Waals surface area contributed by atoms with Crippen LogP contribution < -0.4 is 0 Å². The van der Waals surface area contributed by atoms with Crippen molar-refractivity contribution < 1.29 is 4.79 Å². The lowest BCUT2D eigenvalue weighted by Crippen LogP contribution is -2.71. The molecule has 0 amide bonds. The van der Waals surface area contributed by atoms with Gasteiger partial charge in [-0.25, -0.2) is 0 Å². The molecule has 0 saturated carbocycles. The Bertz CT molecular complexity index is 596. The molecule has 176 valence electrons. The van der Waals surface area contributed by atoms with Gasteiger partial charge in [0.2, 0.25) is 0 Å². The second-order valence-corrected chi connectivity index (χ2v) is 8.24. The van der Waals surface area contributed by atoms with Gasteiger partial charge in [0.15, 0.2) is 5.78 Å². The van der Waals surface area contributed by atoms with E-state index in [9.17, 15) is 4.79 Å². The maximum Gasteiger partial charge on any atom is 0.196 e. The van der Waals surface area contributed by atoms with Gasteiger partial charge in [-0.2, -0.15) is 0 Å². The maximum atomic E-state index is 14.2. The van der Waals surface area contributed by atoms with Crippen molar-refractivity contribution in [1.82, 2.24) is 29.4 Å². The van der Waals surface area contributed by atoms with Crippen molar-refractivity contribution in [3.63, 3.8) is 0 Å². The third-order valence-corrected chi connectivity index (χ3v) is 5.65. The number of Topliss-reactive ketones (excluding diaryl/α,β-unsaturated/α-hetero) is 1. The van der Waals surface area contributed by atoms with Crippen LogP contribution in [0.2, 0.25) is 0 Å². The summed E-state index contributed by atoms with van der Waals surface area (Å²) < 4.78 is 0. The van der Waals surface area contributed by atoms with Gasteiger partial charge in [0.1, 0.15) is 12.3 Å². The van der Waals surface area contributed by atoms with Crippen LogP contribution >= 0.6 is 0 Å². The summed E-state index contributed by atoms with van der Waals surface area (Å²) in [7, 11) is 0. The van der Waals surface area contributed by atoms with Gasteiger partial charge in [-0.1, -0.05) is 36.5 Å². The Hall–Kier alpha value is -2.13. The molecule has 0 aromatic rings. The molecule has 0 spiro atoms. The van der Waals surface area contributed by atoms with Gasteiger partial charge in [0.25, 0.3) is 0 Å². The maximum absolute atomic E-state index is 14.2. The predicted molar refractivity (Wildman–Crippen MR) is 133 cm³/mol. The summed E-state index contributed by atoms with van der Waals surface area (Å²) in [5, 5.41) is 0. The summed E-state index contributed by atoms with van der Waals surface area (Å²) in [6, 6.07) is 0. The minimum atomic E-state index is -0.373. The molecule has 0 aromatic carbocycles. The number of hydrogen-bond donors (Lipinski definition) is 0. The first-order valence-corrected chi connectivity index (χ1v) is 11.1. The number of hydrogen-bond acceptors (Lipinski definition) is 7. The normalized spacial score (nSPS) is 21.2. The number of carbonyl (C=O) groups is 1. The monoisotopic (exact) mass is 440 g/mol.